The Morgan fingerprint density at radius 1 is 1.21 bits per heavy atom. The number of aromatic nitrogens is 5. The second-order valence-corrected chi connectivity index (χ2v) is 9.63. The van der Waals surface area contributed by atoms with E-state index in [-0.39, 0.29) is 17.9 Å². The van der Waals surface area contributed by atoms with E-state index in [1.54, 1.807) is 17.8 Å². The van der Waals surface area contributed by atoms with Crippen LogP contribution in [0.15, 0.2) is 53.3 Å². The SMILES string of the molecule is COCC1(CO)CCC(c2nc3c(-c4ccn(-c5ccccc5)n4)cnn3c(N)c2Br)CC1. The lowest BCUT2D eigenvalue weighted by Gasteiger charge is -2.38. The molecule has 0 atom stereocenters. The molecule has 8 nitrogen and oxygen atoms in total. The number of hydrogen-bond acceptors (Lipinski definition) is 6. The largest absolute Gasteiger partial charge is 0.396 e. The molecule has 0 unspecified atom stereocenters. The van der Waals surface area contributed by atoms with Crippen molar-refractivity contribution in [1.29, 1.82) is 0 Å². The van der Waals surface area contributed by atoms with E-state index in [9.17, 15) is 5.11 Å². The second kappa shape index (κ2) is 8.89. The van der Waals surface area contributed by atoms with Gasteiger partial charge in [0.15, 0.2) is 5.65 Å². The van der Waals surface area contributed by atoms with Crippen LogP contribution in [0.1, 0.15) is 37.3 Å². The van der Waals surface area contributed by atoms with Crippen LogP contribution < -0.4 is 5.73 Å². The Bertz CT molecular complexity index is 1260. The average molecular weight is 511 g/mol. The molecule has 0 saturated heterocycles. The van der Waals surface area contributed by atoms with Crippen LogP contribution >= 0.6 is 15.9 Å². The van der Waals surface area contributed by atoms with Gasteiger partial charge in [0.25, 0.3) is 0 Å². The lowest BCUT2D eigenvalue weighted by atomic mass is 9.70. The number of halogens is 1. The fraction of sp³-hybridized carbons (Fsp3) is 0.375. The molecule has 5 rings (SSSR count). The van der Waals surface area contributed by atoms with Crippen molar-refractivity contribution in [1.82, 2.24) is 24.4 Å². The molecule has 0 spiro atoms. The first kappa shape index (κ1) is 22.1. The summed E-state index contributed by atoms with van der Waals surface area (Å²) in [5, 5.41) is 19.2. The molecule has 0 radical (unpaired) electrons. The van der Waals surface area contributed by atoms with Crippen LogP contribution in [0.3, 0.4) is 0 Å². The average Bonchev–Trinajstić information content (AvgIpc) is 3.50. The summed E-state index contributed by atoms with van der Waals surface area (Å²) in [6, 6.07) is 11.9. The summed E-state index contributed by atoms with van der Waals surface area (Å²) in [5.41, 5.74) is 10.5. The topological polar surface area (TPSA) is 103 Å². The number of para-hydroxylation sites is 1. The zero-order chi connectivity index (χ0) is 23.0. The second-order valence-electron chi connectivity index (χ2n) is 8.84. The molecule has 1 saturated carbocycles. The van der Waals surface area contributed by atoms with Gasteiger partial charge in [-0.25, -0.2) is 9.67 Å². The number of benzene rings is 1. The van der Waals surface area contributed by atoms with Crippen molar-refractivity contribution in [3.63, 3.8) is 0 Å². The highest BCUT2D eigenvalue weighted by Crippen LogP contribution is 2.45. The highest BCUT2D eigenvalue weighted by Gasteiger charge is 2.37. The molecular weight excluding hydrogens is 484 g/mol. The van der Waals surface area contributed by atoms with Gasteiger partial charge in [-0.3, -0.25) is 0 Å². The number of nitrogens with zero attached hydrogens (tertiary/aromatic N) is 5. The van der Waals surface area contributed by atoms with E-state index >= 15 is 0 Å². The summed E-state index contributed by atoms with van der Waals surface area (Å²) in [4.78, 5) is 5.03. The number of nitrogen functional groups attached to an aromatic ring is 1. The van der Waals surface area contributed by atoms with Gasteiger partial charge in [-0.05, 0) is 59.8 Å². The van der Waals surface area contributed by atoms with Crippen molar-refractivity contribution < 1.29 is 9.84 Å². The molecule has 4 aromatic rings. The number of anilines is 1. The molecule has 1 aromatic carbocycles. The van der Waals surface area contributed by atoms with Crippen molar-refractivity contribution in [2.24, 2.45) is 5.41 Å². The zero-order valence-electron chi connectivity index (χ0n) is 18.5. The third kappa shape index (κ3) is 3.94. The van der Waals surface area contributed by atoms with Crippen molar-refractivity contribution in [2.75, 3.05) is 26.1 Å². The number of fused-ring (bicyclic) bond motifs is 1. The first-order chi connectivity index (χ1) is 16.0. The number of methoxy groups -OCH3 is 1. The van der Waals surface area contributed by atoms with Gasteiger partial charge >= 0.3 is 0 Å². The molecule has 3 aromatic heterocycles. The fourth-order valence-corrected chi connectivity index (χ4v) is 5.39. The Balaban J connectivity index is 1.50. The number of aliphatic hydroxyl groups is 1. The molecule has 3 N–H and O–H groups in total. The van der Waals surface area contributed by atoms with Gasteiger partial charge in [0, 0.05) is 24.6 Å². The van der Waals surface area contributed by atoms with Gasteiger partial charge in [0.05, 0.1) is 46.5 Å². The van der Waals surface area contributed by atoms with Gasteiger partial charge in [-0.1, -0.05) is 18.2 Å². The summed E-state index contributed by atoms with van der Waals surface area (Å²) in [7, 11) is 1.69. The van der Waals surface area contributed by atoms with E-state index in [1.807, 2.05) is 47.3 Å². The van der Waals surface area contributed by atoms with E-state index in [0.717, 1.165) is 52.8 Å². The van der Waals surface area contributed by atoms with E-state index in [2.05, 4.69) is 21.0 Å². The Kier molecular flexibility index (Phi) is 5.94. The molecule has 3 heterocycles. The smallest absolute Gasteiger partial charge is 0.167 e. The van der Waals surface area contributed by atoms with E-state index in [0.29, 0.717) is 18.1 Å². The quantitative estimate of drug-likeness (QED) is 0.402. The molecule has 0 aliphatic heterocycles. The Morgan fingerprint density at radius 3 is 2.67 bits per heavy atom. The third-order valence-corrected chi connectivity index (χ3v) is 7.57. The predicted molar refractivity (Wildman–Crippen MR) is 130 cm³/mol. The van der Waals surface area contributed by atoms with Crippen LogP contribution in [0.25, 0.3) is 22.6 Å². The van der Waals surface area contributed by atoms with Crippen molar-refractivity contribution in [2.45, 2.75) is 31.6 Å². The normalized spacial score (nSPS) is 21.0. The Morgan fingerprint density at radius 2 is 1.97 bits per heavy atom. The van der Waals surface area contributed by atoms with Crippen LogP contribution in [-0.2, 0) is 4.74 Å². The maximum atomic E-state index is 9.94. The maximum absolute atomic E-state index is 9.94. The molecular formula is C24H27BrN6O2. The van der Waals surface area contributed by atoms with Crippen molar-refractivity contribution in [3.05, 3.63) is 59.0 Å². The van der Waals surface area contributed by atoms with Crippen molar-refractivity contribution in [3.8, 4) is 16.9 Å². The lowest BCUT2D eigenvalue weighted by Crippen LogP contribution is -2.35. The number of rotatable bonds is 6. The highest BCUT2D eigenvalue weighted by atomic mass is 79.9. The molecule has 0 bridgehead atoms. The monoisotopic (exact) mass is 510 g/mol. The van der Waals surface area contributed by atoms with Gasteiger partial charge in [0.2, 0.25) is 0 Å². The number of aliphatic hydroxyl groups excluding tert-OH is 1. The van der Waals surface area contributed by atoms with Gasteiger partial charge < -0.3 is 15.6 Å². The Hall–Kier alpha value is -2.75. The van der Waals surface area contributed by atoms with Crippen LogP contribution in [0.4, 0.5) is 5.82 Å². The molecule has 172 valence electrons. The van der Waals surface area contributed by atoms with Gasteiger partial charge in [-0.2, -0.15) is 14.7 Å². The van der Waals surface area contributed by atoms with E-state index in [4.69, 9.17) is 20.6 Å². The predicted octanol–water partition coefficient (Wildman–Crippen LogP) is 4.21. The summed E-state index contributed by atoms with van der Waals surface area (Å²) in [5.74, 6) is 0.771. The third-order valence-electron chi connectivity index (χ3n) is 6.75. The minimum absolute atomic E-state index is 0.139. The summed E-state index contributed by atoms with van der Waals surface area (Å²) in [6.07, 6.45) is 7.30. The van der Waals surface area contributed by atoms with Crippen LogP contribution in [0.2, 0.25) is 0 Å². The van der Waals surface area contributed by atoms with E-state index < -0.39 is 0 Å². The fourth-order valence-electron chi connectivity index (χ4n) is 4.81. The molecule has 1 aliphatic rings. The number of nitrogens with two attached hydrogens (primary N) is 1. The molecule has 9 heteroatoms. The molecule has 1 aliphatic carbocycles. The minimum atomic E-state index is -0.167. The minimum Gasteiger partial charge on any atom is -0.396 e. The summed E-state index contributed by atoms with van der Waals surface area (Å²) >= 11 is 3.67. The van der Waals surface area contributed by atoms with Crippen LogP contribution in [0.5, 0.6) is 0 Å². The first-order valence-electron chi connectivity index (χ1n) is 11.1. The maximum Gasteiger partial charge on any atom is 0.167 e. The van der Waals surface area contributed by atoms with Crippen molar-refractivity contribution >= 4 is 27.4 Å². The highest BCUT2D eigenvalue weighted by molar-refractivity contribution is 9.10. The standard InChI is InChI=1S/C24H27BrN6O2/c1-33-15-24(14-32)10-7-16(8-11-24)21-20(25)22(26)31-23(28-21)18(13-27-31)19-9-12-30(29-19)17-5-3-2-4-6-17/h2-6,9,12-13,16,32H,7-8,10-11,14-15,26H2,1H3. The van der Waals surface area contributed by atoms with Crippen LogP contribution in [-0.4, -0.2) is 49.8 Å². The van der Waals surface area contributed by atoms with E-state index in [1.165, 1.54) is 0 Å². The first-order valence-corrected chi connectivity index (χ1v) is 11.9. The molecule has 33 heavy (non-hydrogen) atoms. The number of ether oxygens (including phenoxy) is 1. The molecule has 0 amide bonds. The van der Waals surface area contributed by atoms with Gasteiger partial charge in [-0.15, -0.1) is 0 Å². The van der Waals surface area contributed by atoms with Crippen LogP contribution in [0, 0.1) is 5.41 Å². The molecule has 1 fully saturated rings. The summed E-state index contributed by atoms with van der Waals surface area (Å²) in [6.45, 7) is 0.711. The number of hydrogen-bond donors (Lipinski definition) is 2. The zero-order valence-corrected chi connectivity index (χ0v) is 20.1. The summed E-state index contributed by atoms with van der Waals surface area (Å²) < 4.78 is 9.67. The Labute approximate surface area is 200 Å². The van der Waals surface area contributed by atoms with Gasteiger partial charge in [0.1, 0.15) is 5.82 Å². The lowest BCUT2D eigenvalue weighted by molar-refractivity contribution is -0.00124.